The van der Waals surface area contributed by atoms with Crippen molar-refractivity contribution in [2.45, 2.75) is 0 Å². The molecule has 0 aromatic carbocycles. The third-order valence-corrected chi connectivity index (χ3v) is 0. The quantitative estimate of drug-likeness (QED) is 0.189. The van der Waals surface area contributed by atoms with Crippen LogP contribution < -0.4 is 51.4 Å². The van der Waals surface area contributed by atoms with Gasteiger partial charge in [0.2, 0.25) is 6.08 Å². The van der Waals surface area contributed by atoms with Crippen LogP contribution in [0.4, 0.5) is 0 Å². The molecule has 0 amide bonds. The van der Waals surface area contributed by atoms with Gasteiger partial charge in [0.05, 0.1) is 0 Å². The van der Waals surface area contributed by atoms with Gasteiger partial charge in [-0.1, -0.05) is 0 Å². The van der Waals surface area contributed by atoms with Crippen LogP contribution in [0.15, 0.2) is 0 Å². The molecule has 4 heavy (non-hydrogen) atoms. The average molecular weight is 83.1 g/mol. The molecule has 0 radical (unpaired) electrons. The Morgan fingerprint density at radius 1 is 2.00 bits per heavy atom. The Kier molecular flexibility index (Phi) is 20.0. The SMILES string of the molecule is N=C=O.[H-].[K+]. The zero-order chi connectivity index (χ0) is 2.71. The maximum Gasteiger partial charge on any atom is 1.00 e. The molecule has 0 aromatic heterocycles. The summed E-state index contributed by atoms with van der Waals surface area (Å²) in [6, 6.07) is 0. The van der Waals surface area contributed by atoms with Crippen molar-refractivity contribution in [2.75, 3.05) is 0 Å². The first-order valence-corrected chi connectivity index (χ1v) is 0.454. The summed E-state index contributed by atoms with van der Waals surface area (Å²) >= 11 is 0. The van der Waals surface area contributed by atoms with Gasteiger partial charge in [0.1, 0.15) is 0 Å². The third-order valence-electron chi connectivity index (χ3n) is 0. The Morgan fingerprint density at radius 3 is 2.00 bits per heavy atom. The van der Waals surface area contributed by atoms with Crippen LogP contribution in [0.5, 0.6) is 0 Å². The molecule has 0 spiro atoms. The Balaban J connectivity index is -0.0000000200. The molecule has 0 saturated heterocycles. The van der Waals surface area contributed by atoms with Gasteiger partial charge in [-0.15, -0.1) is 0 Å². The monoisotopic (exact) mass is 83.0 g/mol. The minimum Gasteiger partial charge on any atom is -1.00 e. The second kappa shape index (κ2) is 8.99. The van der Waals surface area contributed by atoms with Gasteiger partial charge in [-0.25, -0.2) is 10.2 Å². The van der Waals surface area contributed by atoms with Crippen molar-refractivity contribution in [3.63, 3.8) is 0 Å². The minimum absolute atomic E-state index is 0. The zero-order valence-electron chi connectivity index (χ0n) is 3.41. The van der Waals surface area contributed by atoms with E-state index in [2.05, 4.69) is 0 Å². The first-order valence-electron chi connectivity index (χ1n) is 0.454. The molecule has 0 aromatic rings. The van der Waals surface area contributed by atoms with Crippen LogP contribution in [-0.2, 0) is 4.79 Å². The Bertz CT molecular complexity index is 32.6. The van der Waals surface area contributed by atoms with Crippen molar-refractivity contribution in [1.82, 2.24) is 0 Å². The molecule has 18 valence electrons. The fourth-order valence-corrected chi connectivity index (χ4v) is 0. The van der Waals surface area contributed by atoms with Gasteiger partial charge in [-0.05, 0) is 0 Å². The molecule has 2 nitrogen and oxygen atoms in total. The van der Waals surface area contributed by atoms with Gasteiger partial charge >= 0.3 is 51.4 Å². The first kappa shape index (κ1) is 8.89. The Labute approximate surface area is 68.0 Å². The molecule has 0 bridgehead atoms. The summed E-state index contributed by atoms with van der Waals surface area (Å²) in [5.41, 5.74) is 0. The molecule has 0 fully saturated rings. The van der Waals surface area contributed by atoms with E-state index in [0.29, 0.717) is 0 Å². The van der Waals surface area contributed by atoms with E-state index >= 15 is 0 Å². The van der Waals surface area contributed by atoms with Crippen LogP contribution in [0.1, 0.15) is 1.43 Å². The van der Waals surface area contributed by atoms with E-state index < -0.39 is 0 Å². The summed E-state index contributed by atoms with van der Waals surface area (Å²) in [6.07, 6.45) is 0.750. The van der Waals surface area contributed by atoms with E-state index in [1.54, 1.807) is 0 Å². The summed E-state index contributed by atoms with van der Waals surface area (Å²) in [7, 11) is 0. The molecule has 0 aliphatic heterocycles. The smallest absolute Gasteiger partial charge is 1.00 e. The number of nitrogens with one attached hydrogen (secondary N) is 1. The summed E-state index contributed by atoms with van der Waals surface area (Å²) in [6.45, 7) is 0. The maximum absolute atomic E-state index is 8.35. The van der Waals surface area contributed by atoms with E-state index in [9.17, 15) is 0 Å². The van der Waals surface area contributed by atoms with E-state index in [-0.39, 0.29) is 52.8 Å². The molecule has 0 atom stereocenters. The molecule has 0 heterocycles. The number of rotatable bonds is 0. The molecule has 1 N–H and O–H groups in total. The summed E-state index contributed by atoms with van der Waals surface area (Å²) < 4.78 is 0. The van der Waals surface area contributed by atoms with Gasteiger partial charge in [0.25, 0.3) is 0 Å². The van der Waals surface area contributed by atoms with Crippen LogP contribution in [0, 0.1) is 5.41 Å². The van der Waals surface area contributed by atoms with Crippen molar-refractivity contribution in [1.29, 1.82) is 5.41 Å². The van der Waals surface area contributed by atoms with E-state index in [0.717, 1.165) is 6.08 Å². The van der Waals surface area contributed by atoms with Crippen molar-refractivity contribution in [2.24, 2.45) is 0 Å². The van der Waals surface area contributed by atoms with Crippen LogP contribution in [0.25, 0.3) is 0 Å². The topological polar surface area (TPSA) is 40.9 Å². The molecule has 0 aliphatic carbocycles. The van der Waals surface area contributed by atoms with Gasteiger partial charge in [-0.2, -0.15) is 0 Å². The van der Waals surface area contributed by atoms with E-state index in [1.807, 2.05) is 0 Å². The Morgan fingerprint density at radius 2 is 2.00 bits per heavy atom. The maximum atomic E-state index is 8.35. The predicted octanol–water partition coefficient (Wildman–Crippen LogP) is -2.98. The van der Waals surface area contributed by atoms with E-state index in [1.165, 1.54) is 0 Å². The summed E-state index contributed by atoms with van der Waals surface area (Å²) in [5, 5.41) is 5.40. The average Bonchev–Trinajstić information content (AvgIpc) is 0.918. The predicted molar refractivity (Wildman–Crippen MR) is 9.53 cm³/mol. The van der Waals surface area contributed by atoms with Gasteiger partial charge in [0.15, 0.2) is 0 Å². The minimum atomic E-state index is 0. The fraction of sp³-hybridized carbons (Fsp3) is 0. The summed E-state index contributed by atoms with van der Waals surface area (Å²) in [5.74, 6) is 0. The third kappa shape index (κ3) is 11.9. The molecular formula is CH2KNO. The van der Waals surface area contributed by atoms with Gasteiger partial charge in [-0.3, -0.25) is 0 Å². The van der Waals surface area contributed by atoms with Crippen LogP contribution >= 0.6 is 0 Å². The van der Waals surface area contributed by atoms with Crippen LogP contribution in [0.2, 0.25) is 0 Å². The number of hydrogen-bond acceptors (Lipinski definition) is 2. The second-order valence-corrected chi connectivity index (χ2v) is 0.102. The van der Waals surface area contributed by atoms with Crippen LogP contribution in [-0.4, -0.2) is 6.08 Å². The molecule has 0 aliphatic rings. The molecule has 0 rings (SSSR count). The molecule has 0 unspecified atom stereocenters. The fourth-order valence-electron chi connectivity index (χ4n) is 0. The van der Waals surface area contributed by atoms with Crippen molar-refractivity contribution >= 4 is 6.08 Å². The Hall–Kier alpha value is 1.02. The number of isocyanates is 1. The molecule has 0 saturated carbocycles. The molecular weight excluding hydrogens is 81.1 g/mol. The van der Waals surface area contributed by atoms with E-state index in [4.69, 9.17) is 10.2 Å². The van der Waals surface area contributed by atoms with Crippen molar-refractivity contribution in [3.8, 4) is 0 Å². The number of hydrogen-bond donors (Lipinski definition) is 1. The van der Waals surface area contributed by atoms with Crippen molar-refractivity contribution < 1.29 is 57.6 Å². The largest absolute Gasteiger partial charge is 1.00 e. The summed E-state index contributed by atoms with van der Waals surface area (Å²) in [4.78, 5) is 8.35. The first-order chi connectivity index (χ1) is 1.41. The van der Waals surface area contributed by atoms with Gasteiger partial charge < -0.3 is 1.43 Å². The van der Waals surface area contributed by atoms with Crippen molar-refractivity contribution in [3.05, 3.63) is 0 Å². The second-order valence-electron chi connectivity index (χ2n) is 0.102. The normalized spacial score (nSPS) is 2.00. The number of carbonyl (C=O) groups excluding carboxylic acids is 1. The molecule has 3 heteroatoms. The van der Waals surface area contributed by atoms with Gasteiger partial charge in [0, 0.05) is 0 Å². The zero-order valence-corrected chi connectivity index (χ0v) is 5.53. The standard InChI is InChI=1S/CHNO.K.H/c2-1-3;;/h2H;;/q;+1;-1. The van der Waals surface area contributed by atoms with Crippen LogP contribution in [0.3, 0.4) is 0 Å².